The molecule has 0 atom stereocenters. The van der Waals surface area contributed by atoms with Gasteiger partial charge in [-0.1, -0.05) is 29.0 Å². The van der Waals surface area contributed by atoms with Crippen molar-refractivity contribution in [2.45, 2.75) is 20.8 Å². The molecule has 0 bridgehead atoms. The molecule has 0 aliphatic carbocycles. The maximum Gasteiger partial charge on any atom is 0.356 e. The molecule has 0 aliphatic rings. The van der Waals surface area contributed by atoms with Gasteiger partial charge in [-0.2, -0.15) is 0 Å². The van der Waals surface area contributed by atoms with Crippen LogP contribution in [0.5, 0.6) is 0 Å². The number of hydrogen-bond donors (Lipinski definition) is 2. The molecular formula is C13H14N2O2S. The number of aryl methyl sites for hydroxylation is 3. The Hall–Kier alpha value is -1.88. The summed E-state index contributed by atoms with van der Waals surface area (Å²) in [4.78, 5) is 15.7. The van der Waals surface area contributed by atoms with Crippen molar-refractivity contribution in [2.24, 2.45) is 0 Å². The van der Waals surface area contributed by atoms with Crippen molar-refractivity contribution in [1.82, 2.24) is 4.98 Å². The monoisotopic (exact) mass is 262 g/mol. The number of carbonyl (C=O) groups is 1. The molecule has 0 unspecified atom stereocenters. The van der Waals surface area contributed by atoms with Crippen molar-refractivity contribution in [1.29, 1.82) is 0 Å². The first kappa shape index (κ1) is 12.6. The maximum atomic E-state index is 11.2. The van der Waals surface area contributed by atoms with Crippen LogP contribution in [-0.4, -0.2) is 16.1 Å². The quantitative estimate of drug-likeness (QED) is 0.872. The van der Waals surface area contributed by atoms with Crippen LogP contribution in [0.2, 0.25) is 0 Å². The summed E-state index contributed by atoms with van der Waals surface area (Å²) in [5.74, 6) is -1.04. The van der Waals surface area contributed by atoms with Crippen molar-refractivity contribution >= 4 is 22.4 Å². The Kier molecular flexibility index (Phi) is 3.09. The van der Waals surface area contributed by atoms with Gasteiger partial charge in [-0.05, 0) is 31.9 Å². The normalized spacial score (nSPS) is 10.6. The third kappa shape index (κ3) is 2.09. The topological polar surface area (TPSA) is 76.2 Å². The highest BCUT2D eigenvalue weighted by Crippen LogP contribution is 2.36. The lowest BCUT2D eigenvalue weighted by atomic mass is 9.98. The number of carboxylic acid groups (broad SMARTS) is 1. The van der Waals surface area contributed by atoms with Crippen molar-refractivity contribution in [3.8, 4) is 10.4 Å². The fourth-order valence-electron chi connectivity index (χ4n) is 2.19. The third-order valence-corrected chi connectivity index (χ3v) is 3.65. The van der Waals surface area contributed by atoms with E-state index >= 15 is 0 Å². The number of rotatable bonds is 2. The number of hydrogen-bond acceptors (Lipinski definition) is 4. The summed E-state index contributed by atoms with van der Waals surface area (Å²) in [6, 6.07) is 4.06. The minimum absolute atomic E-state index is 0.0348. The van der Waals surface area contributed by atoms with Crippen LogP contribution in [0.4, 0.5) is 5.13 Å². The Labute approximate surface area is 109 Å². The molecule has 1 heterocycles. The Bertz CT molecular complexity index is 609. The molecule has 0 aliphatic heterocycles. The van der Waals surface area contributed by atoms with Gasteiger partial charge in [0.05, 0.1) is 4.88 Å². The van der Waals surface area contributed by atoms with Crippen molar-refractivity contribution in [3.05, 3.63) is 34.5 Å². The number of nitrogens with zero attached hydrogens (tertiary/aromatic N) is 1. The first-order valence-electron chi connectivity index (χ1n) is 5.48. The van der Waals surface area contributed by atoms with E-state index in [-0.39, 0.29) is 10.8 Å². The summed E-state index contributed by atoms with van der Waals surface area (Å²) in [6.07, 6.45) is 0. The van der Waals surface area contributed by atoms with Crippen LogP contribution in [0.1, 0.15) is 27.2 Å². The molecule has 4 nitrogen and oxygen atoms in total. The molecule has 0 spiro atoms. The van der Waals surface area contributed by atoms with Gasteiger partial charge >= 0.3 is 5.97 Å². The Morgan fingerprint density at radius 3 is 2.33 bits per heavy atom. The molecule has 0 saturated heterocycles. The highest BCUT2D eigenvalue weighted by Gasteiger charge is 2.20. The molecule has 5 heteroatoms. The molecule has 3 N–H and O–H groups in total. The smallest absolute Gasteiger partial charge is 0.356 e. The lowest BCUT2D eigenvalue weighted by Crippen LogP contribution is -2.00. The van der Waals surface area contributed by atoms with Gasteiger partial charge in [-0.15, -0.1) is 0 Å². The fourth-order valence-corrected chi connectivity index (χ4v) is 3.19. The predicted octanol–water partition coefficient (Wildman–Crippen LogP) is 3.02. The van der Waals surface area contributed by atoms with Crippen LogP contribution in [0, 0.1) is 20.8 Å². The SMILES string of the molecule is Cc1cc(C)c(-c2sc(N)nc2C(=O)O)c(C)c1. The highest BCUT2D eigenvalue weighted by molar-refractivity contribution is 7.19. The summed E-state index contributed by atoms with van der Waals surface area (Å²) in [6.45, 7) is 5.96. The number of aromatic nitrogens is 1. The molecule has 0 fully saturated rings. The summed E-state index contributed by atoms with van der Waals surface area (Å²) < 4.78 is 0. The summed E-state index contributed by atoms with van der Waals surface area (Å²) in [7, 11) is 0. The molecular weight excluding hydrogens is 248 g/mol. The van der Waals surface area contributed by atoms with E-state index in [2.05, 4.69) is 4.98 Å². The van der Waals surface area contributed by atoms with Crippen molar-refractivity contribution < 1.29 is 9.90 Å². The molecule has 94 valence electrons. The van der Waals surface area contributed by atoms with E-state index in [0.717, 1.165) is 22.3 Å². The van der Waals surface area contributed by atoms with Crippen molar-refractivity contribution in [3.63, 3.8) is 0 Å². The molecule has 0 amide bonds. The molecule has 2 rings (SSSR count). The van der Waals surface area contributed by atoms with E-state index in [9.17, 15) is 4.79 Å². The van der Waals surface area contributed by atoms with Gasteiger partial charge in [-0.25, -0.2) is 9.78 Å². The second-order valence-electron chi connectivity index (χ2n) is 4.31. The minimum Gasteiger partial charge on any atom is -0.476 e. The summed E-state index contributed by atoms with van der Waals surface area (Å²) >= 11 is 1.22. The van der Waals surface area contributed by atoms with Gasteiger partial charge in [0, 0.05) is 5.56 Å². The number of thiazole rings is 1. The van der Waals surface area contributed by atoms with Crippen LogP contribution in [0.25, 0.3) is 10.4 Å². The Morgan fingerprint density at radius 2 is 1.83 bits per heavy atom. The van der Waals surface area contributed by atoms with Gasteiger partial charge < -0.3 is 10.8 Å². The standard InChI is InChI=1S/C13H14N2O2S/c1-6-4-7(2)9(8(3)5-6)11-10(12(16)17)15-13(14)18-11/h4-5H,1-3H3,(H2,14,15)(H,16,17). The number of anilines is 1. The third-order valence-electron chi connectivity index (χ3n) is 2.75. The van der Waals surface area contributed by atoms with E-state index in [4.69, 9.17) is 10.8 Å². The van der Waals surface area contributed by atoms with E-state index in [1.165, 1.54) is 11.3 Å². The Balaban J connectivity index is 2.73. The molecule has 0 saturated carbocycles. The number of nitrogens with two attached hydrogens (primary N) is 1. The van der Waals surface area contributed by atoms with E-state index in [1.54, 1.807) is 0 Å². The predicted molar refractivity (Wildman–Crippen MR) is 73.1 cm³/mol. The second-order valence-corrected chi connectivity index (χ2v) is 5.34. The van der Waals surface area contributed by atoms with Gasteiger partial charge in [0.1, 0.15) is 0 Å². The first-order chi connectivity index (χ1) is 8.40. The lowest BCUT2D eigenvalue weighted by Gasteiger charge is -2.09. The number of nitrogen functional groups attached to an aromatic ring is 1. The zero-order valence-corrected chi connectivity index (χ0v) is 11.3. The summed E-state index contributed by atoms with van der Waals surface area (Å²) in [5, 5.41) is 9.44. The van der Waals surface area contributed by atoms with Crippen LogP contribution in [-0.2, 0) is 0 Å². The second kappa shape index (κ2) is 4.42. The maximum absolute atomic E-state index is 11.2. The van der Waals surface area contributed by atoms with Crippen molar-refractivity contribution in [2.75, 3.05) is 5.73 Å². The molecule has 1 aromatic carbocycles. The first-order valence-corrected chi connectivity index (χ1v) is 6.29. The molecule has 2 aromatic rings. The zero-order valence-electron chi connectivity index (χ0n) is 10.4. The van der Waals surface area contributed by atoms with E-state index in [1.807, 2.05) is 32.9 Å². The van der Waals surface area contributed by atoms with Crippen LogP contribution < -0.4 is 5.73 Å². The summed E-state index contributed by atoms with van der Waals surface area (Å²) in [5.41, 5.74) is 9.82. The lowest BCUT2D eigenvalue weighted by molar-refractivity contribution is 0.0692. The van der Waals surface area contributed by atoms with Crippen LogP contribution in [0.3, 0.4) is 0 Å². The van der Waals surface area contributed by atoms with E-state index < -0.39 is 5.97 Å². The van der Waals surface area contributed by atoms with E-state index in [0.29, 0.717) is 4.88 Å². The average molecular weight is 262 g/mol. The fraction of sp³-hybridized carbons (Fsp3) is 0.231. The van der Waals surface area contributed by atoms with Gasteiger partial charge in [0.2, 0.25) is 0 Å². The highest BCUT2D eigenvalue weighted by atomic mass is 32.1. The number of benzene rings is 1. The number of aromatic carboxylic acids is 1. The zero-order chi connectivity index (χ0) is 13.4. The largest absolute Gasteiger partial charge is 0.476 e. The Morgan fingerprint density at radius 1 is 1.28 bits per heavy atom. The van der Waals surface area contributed by atoms with Crippen LogP contribution in [0.15, 0.2) is 12.1 Å². The molecule has 0 radical (unpaired) electrons. The van der Waals surface area contributed by atoms with Gasteiger partial charge in [0.25, 0.3) is 0 Å². The average Bonchev–Trinajstić information content (AvgIpc) is 2.58. The van der Waals surface area contributed by atoms with Gasteiger partial charge in [0.15, 0.2) is 10.8 Å². The molecule has 18 heavy (non-hydrogen) atoms. The number of carboxylic acids is 1. The van der Waals surface area contributed by atoms with Crippen LogP contribution >= 0.6 is 11.3 Å². The van der Waals surface area contributed by atoms with Gasteiger partial charge in [-0.3, -0.25) is 0 Å². The minimum atomic E-state index is -1.04. The molecule has 1 aromatic heterocycles.